The van der Waals surface area contributed by atoms with Crippen LogP contribution in [0.15, 0.2) is 22.7 Å². The third kappa shape index (κ3) is 4.50. The minimum atomic E-state index is -1.09. The molecule has 0 fully saturated rings. The first-order valence-corrected chi connectivity index (χ1v) is 6.79. The van der Waals surface area contributed by atoms with Gasteiger partial charge in [-0.05, 0) is 34.5 Å². The molecule has 20 heavy (non-hydrogen) atoms. The number of hydrogen-bond donors (Lipinski definition) is 2. The SMILES string of the molecule is COCCCN(C)C(=O)Nc1c(Br)cccc1C(=O)O. The van der Waals surface area contributed by atoms with Gasteiger partial charge in [0, 0.05) is 31.8 Å². The monoisotopic (exact) mass is 344 g/mol. The molecule has 0 radical (unpaired) electrons. The molecule has 0 aliphatic heterocycles. The fourth-order valence-corrected chi connectivity index (χ4v) is 2.04. The van der Waals surface area contributed by atoms with Gasteiger partial charge in [0.05, 0.1) is 11.3 Å². The van der Waals surface area contributed by atoms with Crippen molar-refractivity contribution in [1.82, 2.24) is 4.90 Å². The van der Waals surface area contributed by atoms with Crippen molar-refractivity contribution in [3.8, 4) is 0 Å². The maximum Gasteiger partial charge on any atom is 0.337 e. The lowest BCUT2D eigenvalue weighted by molar-refractivity contribution is 0.0698. The van der Waals surface area contributed by atoms with Crippen LogP contribution in [-0.2, 0) is 4.74 Å². The molecule has 2 N–H and O–H groups in total. The van der Waals surface area contributed by atoms with E-state index in [9.17, 15) is 9.59 Å². The second-order valence-corrected chi connectivity index (χ2v) is 5.02. The molecule has 0 unspecified atom stereocenters. The van der Waals surface area contributed by atoms with Gasteiger partial charge in [-0.25, -0.2) is 9.59 Å². The number of methoxy groups -OCH3 is 1. The molecular formula is C13H17BrN2O4. The second kappa shape index (κ2) is 7.86. The highest BCUT2D eigenvalue weighted by atomic mass is 79.9. The number of anilines is 1. The van der Waals surface area contributed by atoms with E-state index >= 15 is 0 Å². The first kappa shape index (κ1) is 16.5. The Morgan fingerprint density at radius 3 is 2.75 bits per heavy atom. The van der Waals surface area contributed by atoms with Crippen LogP contribution < -0.4 is 5.32 Å². The maximum atomic E-state index is 12.0. The molecule has 0 saturated carbocycles. The molecule has 0 saturated heterocycles. The Morgan fingerprint density at radius 2 is 2.15 bits per heavy atom. The van der Waals surface area contributed by atoms with Gasteiger partial charge in [0.15, 0.2) is 0 Å². The average Bonchev–Trinajstić information content (AvgIpc) is 2.40. The first-order chi connectivity index (χ1) is 9.47. The molecule has 6 nitrogen and oxygen atoms in total. The summed E-state index contributed by atoms with van der Waals surface area (Å²) < 4.78 is 5.44. The molecule has 0 heterocycles. The van der Waals surface area contributed by atoms with Gasteiger partial charge >= 0.3 is 12.0 Å². The van der Waals surface area contributed by atoms with Crippen molar-refractivity contribution >= 4 is 33.6 Å². The highest BCUT2D eigenvalue weighted by Gasteiger charge is 2.17. The Hall–Kier alpha value is -1.60. The molecule has 2 amide bonds. The zero-order chi connectivity index (χ0) is 15.1. The summed E-state index contributed by atoms with van der Waals surface area (Å²) in [4.78, 5) is 24.6. The highest BCUT2D eigenvalue weighted by molar-refractivity contribution is 9.10. The van der Waals surface area contributed by atoms with E-state index in [1.165, 1.54) is 11.0 Å². The molecule has 0 spiro atoms. The fourth-order valence-electron chi connectivity index (χ4n) is 1.58. The highest BCUT2D eigenvalue weighted by Crippen LogP contribution is 2.26. The van der Waals surface area contributed by atoms with E-state index < -0.39 is 5.97 Å². The predicted octanol–water partition coefficient (Wildman–Crippen LogP) is 2.65. The number of carbonyl (C=O) groups excluding carboxylic acids is 1. The largest absolute Gasteiger partial charge is 0.478 e. The molecule has 0 aliphatic carbocycles. The lowest BCUT2D eigenvalue weighted by atomic mass is 10.2. The zero-order valence-electron chi connectivity index (χ0n) is 11.4. The molecule has 1 rings (SSSR count). The van der Waals surface area contributed by atoms with Gasteiger partial charge in [0.2, 0.25) is 0 Å². The van der Waals surface area contributed by atoms with Crippen molar-refractivity contribution in [2.45, 2.75) is 6.42 Å². The van der Waals surface area contributed by atoms with Gasteiger partial charge in [0.25, 0.3) is 0 Å². The summed E-state index contributed by atoms with van der Waals surface area (Å²) in [7, 11) is 3.24. The Bertz CT molecular complexity index is 493. The van der Waals surface area contributed by atoms with Gasteiger partial charge in [-0.2, -0.15) is 0 Å². The molecular weight excluding hydrogens is 328 g/mol. The van der Waals surface area contributed by atoms with E-state index in [1.54, 1.807) is 26.3 Å². The Morgan fingerprint density at radius 1 is 1.45 bits per heavy atom. The number of rotatable bonds is 6. The third-order valence-corrected chi connectivity index (χ3v) is 3.33. The van der Waals surface area contributed by atoms with E-state index in [2.05, 4.69) is 21.2 Å². The van der Waals surface area contributed by atoms with Crippen LogP contribution >= 0.6 is 15.9 Å². The number of para-hydroxylation sites is 1. The molecule has 110 valence electrons. The van der Waals surface area contributed by atoms with Crippen LogP contribution in [0, 0.1) is 0 Å². The lowest BCUT2D eigenvalue weighted by Gasteiger charge is -2.19. The molecule has 0 bridgehead atoms. The normalized spacial score (nSPS) is 10.2. The van der Waals surface area contributed by atoms with Gasteiger partial charge in [0.1, 0.15) is 0 Å². The Balaban J connectivity index is 2.77. The van der Waals surface area contributed by atoms with Crippen molar-refractivity contribution < 1.29 is 19.4 Å². The zero-order valence-corrected chi connectivity index (χ0v) is 12.9. The molecule has 0 atom stereocenters. The topological polar surface area (TPSA) is 78.9 Å². The number of benzene rings is 1. The number of ether oxygens (including phenoxy) is 1. The second-order valence-electron chi connectivity index (χ2n) is 4.17. The summed E-state index contributed by atoms with van der Waals surface area (Å²) in [6, 6.07) is 4.35. The minimum Gasteiger partial charge on any atom is -0.478 e. The van der Waals surface area contributed by atoms with Gasteiger partial charge in [-0.1, -0.05) is 6.07 Å². The number of carboxylic acids is 1. The van der Waals surface area contributed by atoms with Crippen LogP contribution in [0.3, 0.4) is 0 Å². The number of urea groups is 1. The fraction of sp³-hybridized carbons (Fsp3) is 0.385. The Labute approximate surface area is 125 Å². The number of halogens is 1. The van der Waals surface area contributed by atoms with E-state index in [0.29, 0.717) is 24.0 Å². The first-order valence-electron chi connectivity index (χ1n) is 6.00. The summed E-state index contributed by atoms with van der Waals surface area (Å²) in [5.74, 6) is -1.09. The van der Waals surface area contributed by atoms with Crippen molar-refractivity contribution in [1.29, 1.82) is 0 Å². The lowest BCUT2D eigenvalue weighted by Crippen LogP contribution is -2.33. The summed E-state index contributed by atoms with van der Waals surface area (Å²) >= 11 is 3.24. The molecule has 0 aromatic heterocycles. The summed E-state index contributed by atoms with van der Waals surface area (Å²) in [5, 5.41) is 11.7. The van der Waals surface area contributed by atoms with Gasteiger partial charge < -0.3 is 20.1 Å². The number of aromatic carboxylic acids is 1. The molecule has 1 aromatic rings. The van der Waals surface area contributed by atoms with Crippen molar-refractivity contribution in [2.75, 3.05) is 32.6 Å². The average molecular weight is 345 g/mol. The summed E-state index contributed by atoms with van der Waals surface area (Å²) in [6.45, 7) is 1.08. The number of nitrogens with zero attached hydrogens (tertiary/aromatic N) is 1. The Kier molecular flexibility index (Phi) is 6.47. The van der Waals surface area contributed by atoms with Crippen LogP contribution in [0.2, 0.25) is 0 Å². The van der Waals surface area contributed by atoms with Crippen LogP contribution in [0.5, 0.6) is 0 Å². The third-order valence-electron chi connectivity index (χ3n) is 2.66. The van der Waals surface area contributed by atoms with Crippen LogP contribution in [-0.4, -0.2) is 49.3 Å². The predicted molar refractivity (Wildman–Crippen MR) is 79.2 cm³/mol. The smallest absolute Gasteiger partial charge is 0.337 e. The standard InChI is InChI=1S/C13H17BrN2O4/c1-16(7-4-8-20-2)13(19)15-11-9(12(17)18)5-3-6-10(11)14/h3,5-6H,4,7-8H2,1-2H3,(H,15,19)(H,17,18). The number of carbonyl (C=O) groups is 2. The number of nitrogens with one attached hydrogen (secondary N) is 1. The van der Waals surface area contributed by atoms with Crippen LogP contribution in [0.4, 0.5) is 10.5 Å². The summed E-state index contributed by atoms with van der Waals surface area (Å²) in [5.41, 5.74) is 0.293. The van der Waals surface area contributed by atoms with Gasteiger partial charge in [-0.3, -0.25) is 0 Å². The molecule has 7 heteroatoms. The number of carboxylic acid groups (broad SMARTS) is 1. The quantitative estimate of drug-likeness (QED) is 0.777. The van der Waals surface area contributed by atoms with E-state index in [0.717, 1.165) is 0 Å². The van der Waals surface area contributed by atoms with E-state index in [1.807, 2.05) is 0 Å². The van der Waals surface area contributed by atoms with Crippen LogP contribution in [0.1, 0.15) is 16.8 Å². The van der Waals surface area contributed by atoms with Crippen molar-refractivity contribution in [2.24, 2.45) is 0 Å². The van der Waals surface area contributed by atoms with Crippen molar-refractivity contribution in [3.63, 3.8) is 0 Å². The minimum absolute atomic E-state index is 0.0398. The van der Waals surface area contributed by atoms with Crippen molar-refractivity contribution in [3.05, 3.63) is 28.2 Å². The number of amides is 2. The van der Waals surface area contributed by atoms with E-state index in [-0.39, 0.29) is 17.3 Å². The van der Waals surface area contributed by atoms with Crippen LogP contribution in [0.25, 0.3) is 0 Å². The maximum absolute atomic E-state index is 12.0. The molecule has 1 aromatic carbocycles. The summed E-state index contributed by atoms with van der Waals surface area (Å²) in [6.07, 6.45) is 0.710. The van der Waals surface area contributed by atoms with Gasteiger partial charge in [-0.15, -0.1) is 0 Å². The number of hydrogen-bond acceptors (Lipinski definition) is 3. The molecule has 0 aliphatic rings. The van der Waals surface area contributed by atoms with E-state index in [4.69, 9.17) is 9.84 Å².